The summed E-state index contributed by atoms with van der Waals surface area (Å²) in [4.78, 5) is 14.5. The summed E-state index contributed by atoms with van der Waals surface area (Å²) in [6, 6.07) is 7.89. The third kappa shape index (κ3) is 5.80. The van der Waals surface area contributed by atoms with Gasteiger partial charge in [0.15, 0.2) is 0 Å². The van der Waals surface area contributed by atoms with Crippen molar-refractivity contribution in [3.63, 3.8) is 0 Å². The van der Waals surface area contributed by atoms with Crippen LogP contribution in [-0.2, 0) is 13.1 Å². The Hall–Kier alpha value is -1.59. The molecule has 0 bridgehead atoms. The molecule has 0 aromatic heterocycles. The zero-order valence-electron chi connectivity index (χ0n) is 14.9. The first-order chi connectivity index (χ1) is 11.6. The number of benzene rings is 1. The maximum absolute atomic E-state index is 11.9. The Morgan fingerprint density at radius 3 is 2.79 bits per heavy atom. The predicted molar refractivity (Wildman–Crippen MR) is 96.7 cm³/mol. The molecular formula is C19H31N3O2. The molecule has 2 rings (SSSR count). The molecule has 1 aliphatic heterocycles. The number of carbonyl (C=O) groups is 1. The monoisotopic (exact) mass is 333 g/mol. The molecule has 2 amide bonds. The van der Waals surface area contributed by atoms with Gasteiger partial charge in [-0.05, 0) is 42.9 Å². The van der Waals surface area contributed by atoms with E-state index < -0.39 is 0 Å². The van der Waals surface area contributed by atoms with E-state index in [-0.39, 0.29) is 18.7 Å². The zero-order valence-corrected chi connectivity index (χ0v) is 14.9. The van der Waals surface area contributed by atoms with E-state index in [1.807, 2.05) is 13.0 Å². The molecular weight excluding hydrogens is 302 g/mol. The van der Waals surface area contributed by atoms with Crippen LogP contribution in [0.1, 0.15) is 44.2 Å². The lowest BCUT2D eigenvalue weighted by Crippen LogP contribution is -2.43. The quantitative estimate of drug-likeness (QED) is 0.718. The second-order valence-electron chi connectivity index (χ2n) is 6.87. The highest BCUT2D eigenvalue weighted by Crippen LogP contribution is 2.19. The highest BCUT2D eigenvalue weighted by atomic mass is 16.3. The summed E-state index contributed by atoms with van der Waals surface area (Å²) >= 11 is 0. The van der Waals surface area contributed by atoms with Gasteiger partial charge >= 0.3 is 6.03 Å². The van der Waals surface area contributed by atoms with Crippen molar-refractivity contribution in [2.45, 2.75) is 52.2 Å². The lowest BCUT2D eigenvalue weighted by atomic mass is 9.99. The van der Waals surface area contributed by atoms with E-state index in [0.29, 0.717) is 13.0 Å². The minimum atomic E-state index is -0.225. The van der Waals surface area contributed by atoms with Gasteiger partial charge in [-0.25, -0.2) is 4.79 Å². The van der Waals surface area contributed by atoms with E-state index in [1.165, 1.54) is 18.4 Å². The topological polar surface area (TPSA) is 64.6 Å². The fourth-order valence-electron chi connectivity index (χ4n) is 3.24. The maximum Gasteiger partial charge on any atom is 0.315 e. The van der Waals surface area contributed by atoms with Crippen LogP contribution in [0.15, 0.2) is 24.3 Å². The Morgan fingerprint density at radius 1 is 1.38 bits per heavy atom. The first-order valence-electron chi connectivity index (χ1n) is 9.06. The molecule has 3 N–H and O–H groups in total. The number of carbonyl (C=O) groups excluding carboxylic acids is 1. The van der Waals surface area contributed by atoms with Crippen molar-refractivity contribution in [2.75, 3.05) is 19.7 Å². The first-order valence-corrected chi connectivity index (χ1v) is 9.06. The van der Waals surface area contributed by atoms with E-state index in [9.17, 15) is 4.79 Å². The molecule has 0 spiro atoms. The van der Waals surface area contributed by atoms with Crippen molar-refractivity contribution >= 4 is 6.03 Å². The molecule has 0 radical (unpaired) electrons. The second kappa shape index (κ2) is 9.64. The number of aliphatic hydroxyl groups is 1. The smallest absolute Gasteiger partial charge is 0.315 e. The minimum Gasteiger partial charge on any atom is -0.394 e. The number of likely N-dealkylation sites (tertiary alicyclic amines) is 1. The molecule has 1 aliphatic rings. The third-order valence-corrected chi connectivity index (χ3v) is 4.74. The van der Waals surface area contributed by atoms with Crippen LogP contribution in [0.4, 0.5) is 4.79 Å². The fraction of sp³-hybridized carbons (Fsp3) is 0.632. The Labute approximate surface area is 145 Å². The highest BCUT2D eigenvalue weighted by molar-refractivity contribution is 5.74. The maximum atomic E-state index is 11.9. The molecule has 2 unspecified atom stereocenters. The first kappa shape index (κ1) is 18.7. The molecule has 1 heterocycles. The Balaban J connectivity index is 1.90. The third-order valence-electron chi connectivity index (χ3n) is 4.74. The van der Waals surface area contributed by atoms with E-state index >= 15 is 0 Å². The Kier molecular flexibility index (Phi) is 7.53. The van der Waals surface area contributed by atoms with Gasteiger partial charge < -0.3 is 15.7 Å². The Bertz CT molecular complexity index is 517. The Morgan fingerprint density at radius 2 is 2.12 bits per heavy atom. The van der Waals surface area contributed by atoms with Crippen LogP contribution in [0.5, 0.6) is 0 Å². The van der Waals surface area contributed by atoms with Crippen molar-refractivity contribution in [1.82, 2.24) is 15.5 Å². The SMILES string of the molecule is CCC(CO)NC(=O)NCc1ccccc1CN1CCCC(C)C1. The van der Waals surface area contributed by atoms with Gasteiger partial charge in [-0.15, -0.1) is 0 Å². The summed E-state index contributed by atoms with van der Waals surface area (Å²) in [6.07, 6.45) is 3.31. The van der Waals surface area contributed by atoms with Crippen molar-refractivity contribution in [3.05, 3.63) is 35.4 Å². The van der Waals surface area contributed by atoms with Crippen molar-refractivity contribution < 1.29 is 9.90 Å². The molecule has 1 aromatic rings. The van der Waals surface area contributed by atoms with E-state index in [1.54, 1.807) is 0 Å². The van der Waals surface area contributed by atoms with Crippen LogP contribution >= 0.6 is 0 Å². The van der Waals surface area contributed by atoms with E-state index in [2.05, 4.69) is 40.7 Å². The van der Waals surface area contributed by atoms with Crippen LogP contribution in [0.25, 0.3) is 0 Å². The van der Waals surface area contributed by atoms with Crippen LogP contribution in [0, 0.1) is 5.92 Å². The van der Waals surface area contributed by atoms with Gasteiger partial charge in [0, 0.05) is 19.6 Å². The molecule has 24 heavy (non-hydrogen) atoms. The lowest BCUT2D eigenvalue weighted by molar-refractivity contribution is 0.176. The summed E-state index contributed by atoms with van der Waals surface area (Å²) < 4.78 is 0. The summed E-state index contributed by atoms with van der Waals surface area (Å²) in [7, 11) is 0. The number of rotatable bonds is 7. The molecule has 0 aliphatic carbocycles. The highest BCUT2D eigenvalue weighted by Gasteiger charge is 2.17. The van der Waals surface area contributed by atoms with Gasteiger partial charge in [-0.1, -0.05) is 38.1 Å². The average Bonchev–Trinajstić information content (AvgIpc) is 2.59. The average molecular weight is 333 g/mol. The van der Waals surface area contributed by atoms with Gasteiger partial charge in [-0.3, -0.25) is 4.90 Å². The van der Waals surface area contributed by atoms with Crippen molar-refractivity contribution in [3.8, 4) is 0 Å². The fourth-order valence-corrected chi connectivity index (χ4v) is 3.24. The number of piperidine rings is 1. The normalized spacial score (nSPS) is 19.7. The lowest BCUT2D eigenvalue weighted by Gasteiger charge is -2.31. The molecule has 0 saturated carbocycles. The molecule has 1 aromatic carbocycles. The zero-order chi connectivity index (χ0) is 17.4. The number of nitrogens with zero attached hydrogens (tertiary/aromatic N) is 1. The van der Waals surface area contributed by atoms with Crippen LogP contribution < -0.4 is 10.6 Å². The van der Waals surface area contributed by atoms with E-state index in [0.717, 1.165) is 31.1 Å². The van der Waals surface area contributed by atoms with Gasteiger partial charge in [0.1, 0.15) is 0 Å². The van der Waals surface area contributed by atoms with Gasteiger partial charge in [-0.2, -0.15) is 0 Å². The summed E-state index contributed by atoms with van der Waals surface area (Å²) in [5.74, 6) is 0.763. The summed E-state index contributed by atoms with van der Waals surface area (Å²) in [6.45, 7) is 7.97. The summed E-state index contributed by atoms with van der Waals surface area (Å²) in [5.41, 5.74) is 2.43. The molecule has 134 valence electrons. The van der Waals surface area contributed by atoms with Gasteiger partial charge in [0.05, 0.1) is 12.6 Å². The van der Waals surface area contributed by atoms with Crippen molar-refractivity contribution in [2.24, 2.45) is 5.92 Å². The number of amides is 2. The van der Waals surface area contributed by atoms with Gasteiger partial charge in [0.25, 0.3) is 0 Å². The van der Waals surface area contributed by atoms with Crippen LogP contribution in [-0.4, -0.2) is 41.8 Å². The van der Waals surface area contributed by atoms with Crippen LogP contribution in [0.3, 0.4) is 0 Å². The number of aliphatic hydroxyl groups excluding tert-OH is 1. The second-order valence-corrected chi connectivity index (χ2v) is 6.87. The molecule has 5 nitrogen and oxygen atoms in total. The summed E-state index contributed by atoms with van der Waals surface area (Å²) in [5, 5.41) is 14.8. The van der Waals surface area contributed by atoms with Crippen LogP contribution in [0.2, 0.25) is 0 Å². The van der Waals surface area contributed by atoms with Crippen molar-refractivity contribution in [1.29, 1.82) is 0 Å². The molecule has 2 atom stereocenters. The molecule has 5 heteroatoms. The number of urea groups is 1. The van der Waals surface area contributed by atoms with E-state index in [4.69, 9.17) is 5.11 Å². The predicted octanol–water partition coefficient (Wildman–Crippen LogP) is 2.49. The van der Waals surface area contributed by atoms with Gasteiger partial charge in [0.2, 0.25) is 0 Å². The number of hydrogen-bond donors (Lipinski definition) is 3. The number of hydrogen-bond acceptors (Lipinski definition) is 3. The standard InChI is InChI=1S/C19H31N3O2/c1-3-18(14-23)21-19(24)20-11-16-8-4-5-9-17(16)13-22-10-6-7-15(2)12-22/h4-5,8-9,15,18,23H,3,6-7,10-14H2,1-2H3,(H2,20,21,24). The molecule has 1 saturated heterocycles. The molecule has 1 fully saturated rings. The number of nitrogens with one attached hydrogen (secondary N) is 2. The minimum absolute atomic E-state index is 0.0341. The largest absolute Gasteiger partial charge is 0.394 e.